The van der Waals surface area contributed by atoms with Gasteiger partial charge in [-0.15, -0.1) is 11.3 Å². The molecular weight excluding hydrogens is 387 g/mol. The van der Waals surface area contributed by atoms with Crippen molar-refractivity contribution in [2.75, 3.05) is 44.7 Å². The molecule has 0 atom stereocenters. The van der Waals surface area contributed by atoms with Crippen molar-refractivity contribution in [3.63, 3.8) is 0 Å². The first-order valence-corrected chi connectivity index (χ1v) is 10.7. The van der Waals surface area contributed by atoms with Crippen LogP contribution in [0.1, 0.15) is 5.69 Å². The summed E-state index contributed by atoms with van der Waals surface area (Å²) in [5.41, 5.74) is 1.84. The van der Waals surface area contributed by atoms with Gasteiger partial charge in [-0.1, -0.05) is 0 Å². The van der Waals surface area contributed by atoms with Crippen LogP contribution in [0.4, 0.5) is 9.39 Å². The molecule has 3 aromatic rings. The second-order valence-electron chi connectivity index (χ2n) is 6.88. The van der Waals surface area contributed by atoms with Gasteiger partial charge in [0.1, 0.15) is 5.82 Å². The molecule has 0 spiro atoms. The topological polar surface area (TPSA) is 48.7 Å². The Kier molecular flexibility index (Phi) is 6.09. The van der Waals surface area contributed by atoms with Crippen molar-refractivity contribution in [3.05, 3.63) is 65.6 Å². The lowest BCUT2D eigenvalue weighted by Crippen LogP contribution is -2.52. The Hall–Kier alpha value is -2.87. The van der Waals surface area contributed by atoms with Gasteiger partial charge in [0.05, 0.1) is 16.4 Å². The summed E-state index contributed by atoms with van der Waals surface area (Å²) in [5.74, 6) is 0.696. The number of nitrogens with zero attached hydrogens (tertiary/aromatic N) is 5. The van der Waals surface area contributed by atoms with Crippen LogP contribution in [0.15, 0.2) is 59.0 Å². The molecule has 0 radical (unpaired) electrons. The lowest BCUT2D eigenvalue weighted by Gasteiger charge is -2.37. The summed E-state index contributed by atoms with van der Waals surface area (Å²) in [6, 6.07) is 12.6. The van der Waals surface area contributed by atoms with E-state index < -0.39 is 0 Å². The Morgan fingerprint density at radius 2 is 1.93 bits per heavy atom. The number of aliphatic imine (C=N–C) groups is 1. The van der Waals surface area contributed by atoms with Crippen molar-refractivity contribution in [2.24, 2.45) is 4.99 Å². The quantitative estimate of drug-likeness (QED) is 0.517. The van der Waals surface area contributed by atoms with E-state index in [9.17, 15) is 4.39 Å². The predicted octanol–water partition coefficient (Wildman–Crippen LogP) is 3.01. The first-order valence-electron chi connectivity index (χ1n) is 9.77. The smallest absolute Gasteiger partial charge is 0.193 e. The number of aromatic nitrogens is 2. The van der Waals surface area contributed by atoms with Crippen LogP contribution >= 0.6 is 11.3 Å². The minimum Gasteiger partial charge on any atom is -0.360 e. The highest BCUT2D eigenvalue weighted by Crippen LogP contribution is 2.22. The third-order valence-electron chi connectivity index (χ3n) is 5.01. The maximum atomic E-state index is 13.1. The minimum atomic E-state index is -0.243. The van der Waals surface area contributed by atoms with Crippen LogP contribution in [0.25, 0.3) is 5.69 Å². The second kappa shape index (κ2) is 9.09. The van der Waals surface area contributed by atoms with Gasteiger partial charge < -0.3 is 15.1 Å². The van der Waals surface area contributed by atoms with E-state index in [1.807, 2.05) is 19.3 Å². The summed E-state index contributed by atoms with van der Waals surface area (Å²) in [6.45, 7) is 4.68. The van der Waals surface area contributed by atoms with E-state index in [1.54, 1.807) is 28.2 Å². The molecule has 4 rings (SSSR count). The van der Waals surface area contributed by atoms with E-state index in [-0.39, 0.29) is 5.82 Å². The van der Waals surface area contributed by atoms with Crippen molar-refractivity contribution < 1.29 is 4.39 Å². The first-order chi connectivity index (χ1) is 14.2. The van der Waals surface area contributed by atoms with E-state index >= 15 is 0 Å². The van der Waals surface area contributed by atoms with E-state index in [4.69, 9.17) is 0 Å². The van der Waals surface area contributed by atoms with E-state index in [0.29, 0.717) is 0 Å². The summed E-state index contributed by atoms with van der Waals surface area (Å²) >= 11 is 1.79. The Balaban J connectivity index is 1.26. The fraction of sp³-hybridized carbons (Fsp3) is 0.333. The zero-order valence-electron chi connectivity index (χ0n) is 16.5. The molecule has 8 heteroatoms. The zero-order chi connectivity index (χ0) is 20.1. The maximum Gasteiger partial charge on any atom is 0.193 e. The average molecular weight is 413 g/mol. The second-order valence-corrected chi connectivity index (χ2v) is 7.80. The van der Waals surface area contributed by atoms with Crippen LogP contribution in [0.3, 0.4) is 0 Å². The number of hydrogen-bond donors (Lipinski definition) is 1. The van der Waals surface area contributed by atoms with Gasteiger partial charge in [-0.25, -0.2) is 9.07 Å². The normalized spacial score (nSPS) is 15.0. The number of rotatable bonds is 5. The fourth-order valence-corrected chi connectivity index (χ4v) is 4.24. The number of guanidine groups is 1. The van der Waals surface area contributed by atoms with Crippen LogP contribution < -0.4 is 10.2 Å². The number of anilines is 1. The standard InChI is InChI=1S/C21H25FN6S/c1-23-21(27-14-12-26(13-15-27)20-3-2-16-29-20)24-10-8-18-9-11-28(25-18)19-6-4-17(22)5-7-19/h2-7,9,11,16H,8,10,12-15H2,1H3,(H,23,24). The number of thiophene rings is 1. The van der Waals surface area contributed by atoms with Gasteiger partial charge in [0.15, 0.2) is 5.96 Å². The Morgan fingerprint density at radius 1 is 1.14 bits per heavy atom. The number of piperazine rings is 1. The predicted molar refractivity (Wildman–Crippen MR) is 117 cm³/mol. The zero-order valence-corrected chi connectivity index (χ0v) is 17.3. The lowest BCUT2D eigenvalue weighted by atomic mass is 10.3. The van der Waals surface area contributed by atoms with Gasteiger partial charge in [0.25, 0.3) is 0 Å². The first kappa shape index (κ1) is 19.4. The van der Waals surface area contributed by atoms with Crippen molar-refractivity contribution in [3.8, 4) is 5.69 Å². The van der Waals surface area contributed by atoms with Crippen molar-refractivity contribution in [2.45, 2.75) is 6.42 Å². The average Bonchev–Trinajstić information content (AvgIpc) is 3.45. The van der Waals surface area contributed by atoms with E-state index in [2.05, 4.69) is 42.7 Å². The molecule has 3 heterocycles. The van der Waals surface area contributed by atoms with Crippen molar-refractivity contribution in [1.29, 1.82) is 0 Å². The highest BCUT2D eigenvalue weighted by molar-refractivity contribution is 7.14. The van der Waals surface area contributed by atoms with Gasteiger partial charge >= 0.3 is 0 Å². The molecule has 6 nitrogen and oxygen atoms in total. The van der Waals surface area contributed by atoms with Crippen LogP contribution in [0.5, 0.6) is 0 Å². The molecule has 2 aromatic heterocycles. The van der Waals surface area contributed by atoms with Crippen LogP contribution in [0, 0.1) is 5.82 Å². The molecule has 0 bridgehead atoms. The molecule has 1 aliphatic heterocycles. The molecule has 29 heavy (non-hydrogen) atoms. The molecule has 0 amide bonds. The minimum absolute atomic E-state index is 0.243. The molecule has 1 N–H and O–H groups in total. The Morgan fingerprint density at radius 3 is 2.62 bits per heavy atom. The maximum absolute atomic E-state index is 13.1. The van der Waals surface area contributed by atoms with Gasteiger partial charge in [0.2, 0.25) is 0 Å². The monoisotopic (exact) mass is 412 g/mol. The fourth-order valence-electron chi connectivity index (χ4n) is 3.46. The Bertz CT molecular complexity index is 927. The van der Waals surface area contributed by atoms with Gasteiger partial charge in [-0.05, 0) is 47.8 Å². The summed E-state index contributed by atoms with van der Waals surface area (Å²) in [5, 5.41) is 11.5. The van der Waals surface area contributed by atoms with Crippen LogP contribution in [-0.2, 0) is 6.42 Å². The molecule has 152 valence electrons. The molecule has 0 saturated carbocycles. The molecule has 0 unspecified atom stereocenters. The highest BCUT2D eigenvalue weighted by Gasteiger charge is 2.20. The van der Waals surface area contributed by atoms with E-state index in [1.165, 1.54) is 17.1 Å². The molecular formula is C21H25FN6S. The number of hydrogen-bond acceptors (Lipinski definition) is 4. The number of halogens is 1. The SMILES string of the molecule is CN=C(NCCc1ccn(-c2ccc(F)cc2)n1)N1CCN(c2cccs2)CC1. The summed E-state index contributed by atoms with van der Waals surface area (Å²) in [6.07, 6.45) is 2.70. The van der Waals surface area contributed by atoms with Crippen molar-refractivity contribution >= 4 is 22.3 Å². The molecule has 1 aliphatic rings. The summed E-state index contributed by atoms with van der Waals surface area (Å²) in [7, 11) is 1.83. The largest absolute Gasteiger partial charge is 0.360 e. The van der Waals surface area contributed by atoms with Crippen LogP contribution in [-0.4, -0.2) is 60.4 Å². The number of nitrogens with one attached hydrogen (secondary N) is 1. The molecule has 1 fully saturated rings. The Labute approximate surface area is 174 Å². The summed E-state index contributed by atoms with van der Waals surface area (Å²) in [4.78, 5) is 9.18. The van der Waals surface area contributed by atoms with Crippen LogP contribution in [0.2, 0.25) is 0 Å². The molecule has 1 aromatic carbocycles. The lowest BCUT2D eigenvalue weighted by molar-refractivity contribution is 0.373. The highest BCUT2D eigenvalue weighted by atomic mass is 32.1. The third-order valence-corrected chi connectivity index (χ3v) is 5.94. The molecule has 1 saturated heterocycles. The third kappa shape index (κ3) is 4.76. The summed E-state index contributed by atoms with van der Waals surface area (Å²) < 4.78 is 14.8. The van der Waals surface area contributed by atoms with Gasteiger partial charge in [-0.2, -0.15) is 5.10 Å². The van der Waals surface area contributed by atoms with Crippen molar-refractivity contribution in [1.82, 2.24) is 20.0 Å². The molecule has 0 aliphatic carbocycles. The number of benzene rings is 1. The van der Waals surface area contributed by atoms with Gasteiger partial charge in [0, 0.05) is 52.4 Å². The van der Waals surface area contributed by atoms with Gasteiger partial charge in [-0.3, -0.25) is 4.99 Å². The van der Waals surface area contributed by atoms with E-state index in [0.717, 1.165) is 56.5 Å².